The Bertz CT molecular complexity index is 271. The van der Waals surface area contributed by atoms with Crippen LogP contribution in [0.1, 0.15) is 38.5 Å². The fourth-order valence-corrected chi connectivity index (χ4v) is 1.27. The first-order valence-electron chi connectivity index (χ1n) is 5.57. The van der Waals surface area contributed by atoms with Crippen molar-refractivity contribution in [2.24, 2.45) is 5.73 Å². The number of amides is 2. The number of nitrogens with two attached hydrogens (primary N) is 1. The van der Waals surface area contributed by atoms with Gasteiger partial charge < -0.3 is 5.73 Å². The Morgan fingerprint density at radius 2 is 1.71 bits per heavy atom. The van der Waals surface area contributed by atoms with Gasteiger partial charge >= 0.3 is 0 Å². The van der Waals surface area contributed by atoms with Crippen molar-refractivity contribution in [2.45, 2.75) is 38.5 Å². The minimum atomic E-state index is -0.350. The first kappa shape index (κ1) is 15.8. The molecule has 0 heterocycles. The lowest BCUT2D eigenvalue weighted by Gasteiger charge is -2.08. The number of carbonyl (C=O) groups excluding carboxylic acids is 2. The fraction of sp³-hybridized carbons (Fsp3) is 0.700. The van der Waals surface area contributed by atoms with Crippen molar-refractivity contribution in [1.29, 1.82) is 5.41 Å². The van der Waals surface area contributed by atoms with E-state index in [0.717, 1.165) is 6.42 Å². The molecule has 0 aromatic carbocycles. The van der Waals surface area contributed by atoms with Gasteiger partial charge in [-0.2, -0.15) is 12.6 Å². The number of rotatable bonds is 8. The van der Waals surface area contributed by atoms with Crippen LogP contribution in [0.4, 0.5) is 0 Å². The molecular weight excluding hydrogens is 240 g/mol. The third-order valence-electron chi connectivity index (χ3n) is 2.01. The minimum Gasteiger partial charge on any atom is -0.370 e. The first-order valence-corrected chi connectivity index (χ1v) is 6.21. The zero-order valence-corrected chi connectivity index (χ0v) is 10.7. The highest BCUT2D eigenvalue weighted by Crippen LogP contribution is 1.98. The molecule has 0 saturated carbocycles. The predicted octanol–water partition coefficient (Wildman–Crippen LogP) is 0.340. The van der Waals surface area contributed by atoms with E-state index in [1.54, 1.807) is 0 Å². The molecule has 0 fully saturated rings. The quantitative estimate of drug-likeness (QED) is 0.143. The summed E-state index contributed by atoms with van der Waals surface area (Å²) >= 11 is 4.03. The Hall–Kier alpha value is -1.24. The van der Waals surface area contributed by atoms with Crippen molar-refractivity contribution >= 4 is 30.3 Å². The topological polar surface area (TPSA) is 108 Å². The molecule has 0 aliphatic rings. The Kier molecular flexibility index (Phi) is 9.22. The number of hydrogen-bond acceptors (Lipinski definition) is 4. The van der Waals surface area contributed by atoms with E-state index in [0.29, 0.717) is 37.9 Å². The van der Waals surface area contributed by atoms with Gasteiger partial charge in [0, 0.05) is 19.3 Å². The number of nitrogens with one attached hydrogen (secondary N) is 3. The van der Waals surface area contributed by atoms with Crippen molar-refractivity contribution in [3.63, 3.8) is 0 Å². The maximum absolute atomic E-state index is 11.3. The van der Waals surface area contributed by atoms with Crippen LogP contribution < -0.4 is 16.6 Å². The zero-order valence-electron chi connectivity index (χ0n) is 9.79. The molecule has 0 bridgehead atoms. The summed E-state index contributed by atoms with van der Waals surface area (Å²) in [5.74, 6) is 0.442. The van der Waals surface area contributed by atoms with Crippen LogP contribution in [0, 0.1) is 5.41 Å². The largest absolute Gasteiger partial charge is 0.370 e. The summed E-state index contributed by atoms with van der Waals surface area (Å²) in [4.78, 5) is 21.7. The van der Waals surface area contributed by atoms with Crippen LogP contribution in [0.2, 0.25) is 0 Å². The van der Waals surface area contributed by atoms with Gasteiger partial charge in [-0.3, -0.25) is 25.8 Å². The van der Waals surface area contributed by atoms with Crippen molar-refractivity contribution < 1.29 is 9.59 Å². The second kappa shape index (κ2) is 9.95. The molecule has 0 spiro atoms. The second-order valence-corrected chi connectivity index (χ2v) is 4.10. The van der Waals surface area contributed by atoms with E-state index in [1.165, 1.54) is 0 Å². The van der Waals surface area contributed by atoms with Gasteiger partial charge in [0.25, 0.3) is 0 Å². The Labute approximate surface area is 107 Å². The molecule has 6 nitrogen and oxygen atoms in total. The van der Waals surface area contributed by atoms with E-state index < -0.39 is 0 Å². The van der Waals surface area contributed by atoms with Gasteiger partial charge in [-0.1, -0.05) is 0 Å². The molecule has 2 amide bonds. The van der Waals surface area contributed by atoms with Gasteiger partial charge in [0.05, 0.1) is 0 Å². The molecule has 0 aliphatic carbocycles. The van der Waals surface area contributed by atoms with Crippen LogP contribution in [0.25, 0.3) is 0 Å². The number of thiol groups is 1. The molecule has 0 aliphatic heterocycles. The molecule has 0 aromatic heterocycles. The molecule has 7 heteroatoms. The van der Waals surface area contributed by atoms with Crippen LogP contribution in [0.5, 0.6) is 0 Å². The maximum atomic E-state index is 11.3. The van der Waals surface area contributed by atoms with Crippen molar-refractivity contribution in [3.05, 3.63) is 0 Å². The molecule has 5 N–H and O–H groups in total. The van der Waals surface area contributed by atoms with Gasteiger partial charge in [0.15, 0.2) is 0 Å². The number of primary amides is 1. The van der Waals surface area contributed by atoms with Crippen LogP contribution in [-0.4, -0.2) is 23.4 Å². The van der Waals surface area contributed by atoms with Gasteiger partial charge in [-0.15, -0.1) is 0 Å². The van der Waals surface area contributed by atoms with Crippen LogP contribution in [0.3, 0.4) is 0 Å². The molecule has 0 atom stereocenters. The van der Waals surface area contributed by atoms with Crippen LogP contribution in [0.15, 0.2) is 0 Å². The smallest absolute Gasteiger partial charge is 0.238 e. The second-order valence-electron chi connectivity index (χ2n) is 3.65. The highest BCUT2D eigenvalue weighted by molar-refractivity contribution is 7.80. The van der Waals surface area contributed by atoms with E-state index in [-0.39, 0.29) is 17.6 Å². The van der Waals surface area contributed by atoms with Crippen molar-refractivity contribution in [2.75, 3.05) is 5.75 Å². The summed E-state index contributed by atoms with van der Waals surface area (Å²) in [6, 6.07) is 0. The van der Waals surface area contributed by atoms with E-state index in [2.05, 4.69) is 23.5 Å². The summed E-state index contributed by atoms with van der Waals surface area (Å²) in [5, 5.41) is 7.43. The lowest BCUT2D eigenvalue weighted by atomic mass is 10.2. The standard InChI is InChI=1S/C10H20N4O2S/c11-8(4-3-7-17)13-14-10(16)6-2-1-5-9(12)15/h17H,1-7H2,(H2,11,13)(H2,12,15)(H,14,16). The summed E-state index contributed by atoms with van der Waals surface area (Å²) in [5.41, 5.74) is 9.92. The Morgan fingerprint density at radius 1 is 1.06 bits per heavy atom. The summed E-state index contributed by atoms with van der Waals surface area (Å²) in [7, 11) is 0. The number of hydrogen-bond donors (Lipinski definition) is 5. The lowest BCUT2D eigenvalue weighted by molar-refractivity contribution is -0.122. The molecule has 0 aromatic rings. The van der Waals surface area contributed by atoms with E-state index in [4.69, 9.17) is 11.1 Å². The zero-order chi connectivity index (χ0) is 13.1. The fourth-order valence-electron chi connectivity index (χ4n) is 1.11. The summed E-state index contributed by atoms with van der Waals surface area (Å²) < 4.78 is 0. The number of carbonyl (C=O) groups is 2. The van der Waals surface area contributed by atoms with Crippen LogP contribution in [-0.2, 0) is 9.59 Å². The third kappa shape index (κ3) is 11.0. The van der Waals surface area contributed by atoms with Gasteiger partial charge in [-0.05, 0) is 25.0 Å². The summed E-state index contributed by atoms with van der Waals surface area (Å²) in [6.07, 6.45) is 3.20. The average Bonchev–Trinajstić information content (AvgIpc) is 2.29. The van der Waals surface area contributed by atoms with Crippen molar-refractivity contribution in [1.82, 2.24) is 10.9 Å². The highest BCUT2D eigenvalue weighted by atomic mass is 32.1. The SMILES string of the molecule is N=C(CCCS)NNC(=O)CCCCC(N)=O. The highest BCUT2D eigenvalue weighted by Gasteiger charge is 2.02. The Morgan fingerprint density at radius 3 is 2.29 bits per heavy atom. The van der Waals surface area contributed by atoms with Crippen LogP contribution >= 0.6 is 12.6 Å². The monoisotopic (exact) mass is 260 g/mol. The van der Waals surface area contributed by atoms with Gasteiger partial charge in [0.1, 0.15) is 5.84 Å². The molecule has 17 heavy (non-hydrogen) atoms. The predicted molar refractivity (Wildman–Crippen MR) is 69.8 cm³/mol. The van der Waals surface area contributed by atoms with Gasteiger partial charge in [-0.25, -0.2) is 0 Å². The molecule has 0 unspecified atom stereocenters. The summed E-state index contributed by atoms with van der Waals surface area (Å²) in [6.45, 7) is 0. The van der Waals surface area contributed by atoms with E-state index in [9.17, 15) is 9.59 Å². The maximum Gasteiger partial charge on any atom is 0.238 e. The molecule has 0 rings (SSSR count). The normalized spacial score (nSPS) is 9.71. The third-order valence-corrected chi connectivity index (χ3v) is 2.33. The number of hydrazine groups is 1. The van der Waals surface area contributed by atoms with Gasteiger partial charge in [0.2, 0.25) is 11.8 Å². The molecule has 0 radical (unpaired) electrons. The number of unbranched alkanes of at least 4 members (excludes halogenated alkanes) is 1. The molecule has 98 valence electrons. The number of amidine groups is 1. The minimum absolute atomic E-state index is 0.190. The van der Waals surface area contributed by atoms with Crippen molar-refractivity contribution in [3.8, 4) is 0 Å². The van der Waals surface area contributed by atoms with E-state index in [1.807, 2.05) is 0 Å². The molecule has 0 saturated heterocycles. The lowest BCUT2D eigenvalue weighted by Crippen LogP contribution is -2.41. The Balaban J connectivity index is 3.46. The molecular formula is C10H20N4O2S. The average molecular weight is 260 g/mol. The van der Waals surface area contributed by atoms with E-state index >= 15 is 0 Å². The first-order chi connectivity index (χ1) is 8.06.